The number of aryl methyl sites for hydroxylation is 1. The van der Waals surface area contributed by atoms with Crippen LogP contribution in [-0.2, 0) is 6.42 Å². The maximum atomic E-state index is 4.24. The first kappa shape index (κ1) is 12.0. The Bertz CT molecular complexity index is 318. The van der Waals surface area contributed by atoms with Crippen LogP contribution in [0.2, 0.25) is 0 Å². The molecule has 0 bridgehead atoms. The summed E-state index contributed by atoms with van der Waals surface area (Å²) in [6, 6.07) is 0.502. The number of nitrogens with one attached hydrogen (secondary N) is 1. The summed E-state index contributed by atoms with van der Waals surface area (Å²) >= 11 is 1.59. The van der Waals surface area contributed by atoms with Crippen LogP contribution in [0.4, 0.5) is 0 Å². The molecule has 0 aromatic carbocycles. The molecule has 1 aliphatic rings. The molecule has 2 rings (SSSR count). The van der Waals surface area contributed by atoms with E-state index in [0.29, 0.717) is 6.04 Å². The number of rotatable bonds is 5. The third-order valence-corrected chi connectivity index (χ3v) is 4.35. The molecule has 1 aromatic heterocycles. The summed E-state index contributed by atoms with van der Waals surface area (Å²) in [6.45, 7) is 5.38. The van der Waals surface area contributed by atoms with Gasteiger partial charge in [-0.3, -0.25) is 0 Å². The van der Waals surface area contributed by atoms with Gasteiger partial charge in [0.25, 0.3) is 0 Å². The van der Waals surface area contributed by atoms with Gasteiger partial charge < -0.3 is 5.32 Å². The molecule has 1 unspecified atom stereocenters. The average Bonchev–Trinajstić information content (AvgIpc) is 2.96. The van der Waals surface area contributed by atoms with Gasteiger partial charge in [-0.2, -0.15) is 0 Å². The smallest absolute Gasteiger partial charge is 0.0801 e. The maximum Gasteiger partial charge on any atom is 0.0801 e. The lowest BCUT2D eigenvalue weighted by molar-refractivity contribution is 0.377. The molecule has 0 saturated heterocycles. The van der Waals surface area contributed by atoms with Crippen LogP contribution in [0.1, 0.15) is 56.1 Å². The molecule has 1 heterocycles. The van der Waals surface area contributed by atoms with Gasteiger partial charge in [0.15, 0.2) is 0 Å². The monoisotopic (exact) mass is 239 g/mol. The predicted octanol–water partition coefficient (Wildman–Crippen LogP) is 2.94. The summed E-state index contributed by atoms with van der Waals surface area (Å²) in [7, 11) is 0. The Morgan fingerprint density at radius 1 is 1.38 bits per heavy atom. The Balaban J connectivity index is 2.17. The lowest BCUT2D eigenvalue weighted by Crippen LogP contribution is -2.27. The molecular formula is C12H21N3S. The van der Waals surface area contributed by atoms with E-state index in [1.807, 2.05) is 0 Å². The summed E-state index contributed by atoms with van der Waals surface area (Å²) in [5.74, 6) is 0.799. The van der Waals surface area contributed by atoms with Crippen molar-refractivity contribution >= 4 is 11.5 Å². The highest BCUT2D eigenvalue weighted by atomic mass is 32.1. The molecule has 1 atom stereocenters. The van der Waals surface area contributed by atoms with Crippen LogP contribution >= 0.6 is 11.5 Å². The molecule has 1 saturated carbocycles. The topological polar surface area (TPSA) is 37.8 Å². The van der Waals surface area contributed by atoms with E-state index in [4.69, 9.17) is 0 Å². The molecule has 1 N–H and O–H groups in total. The van der Waals surface area contributed by atoms with Crippen LogP contribution in [0.5, 0.6) is 0 Å². The SMILES string of the molecule is CCNC(c1snnc1CC)C1CCCC1. The minimum atomic E-state index is 0.502. The van der Waals surface area contributed by atoms with E-state index in [1.54, 1.807) is 11.5 Å². The van der Waals surface area contributed by atoms with Gasteiger partial charge in [0.2, 0.25) is 0 Å². The largest absolute Gasteiger partial charge is 0.309 e. The van der Waals surface area contributed by atoms with Crippen LogP contribution in [0.15, 0.2) is 0 Å². The third-order valence-electron chi connectivity index (χ3n) is 3.50. The predicted molar refractivity (Wildman–Crippen MR) is 67.7 cm³/mol. The van der Waals surface area contributed by atoms with Gasteiger partial charge in [0.05, 0.1) is 10.6 Å². The molecule has 90 valence electrons. The fraction of sp³-hybridized carbons (Fsp3) is 0.833. The van der Waals surface area contributed by atoms with Gasteiger partial charge in [-0.1, -0.05) is 31.2 Å². The van der Waals surface area contributed by atoms with Crippen molar-refractivity contribution in [2.24, 2.45) is 5.92 Å². The number of nitrogens with zero attached hydrogens (tertiary/aromatic N) is 2. The van der Waals surface area contributed by atoms with Crippen molar-refractivity contribution < 1.29 is 0 Å². The van der Waals surface area contributed by atoms with Crippen molar-refractivity contribution in [3.8, 4) is 0 Å². The number of hydrogen-bond acceptors (Lipinski definition) is 4. The number of hydrogen-bond donors (Lipinski definition) is 1. The molecule has 0 radical (unpaired) electrons. The highest BCUT2D eigenvalue weighted by Gasteiger charge is 2.28. The molecule has 3 nitrogen and oxygen atoms in total. The summed E-state index contributed by atoms with van der Waals surface area (Å²) in [5, 5.41) is 7.87. The Labute approximate surface area is 102 Å². The Hall–Kier alpha value is -0.480. The minimum absolute atomic E-state index is 0.502. The van der Waals surface area contributed by atoms with Crippen molar-refractivity contribution in [2.45, 2.75) is 52.0 Å². The van der Waals surface area contributed by atoms with Gasteiger partial charge in [0.1, 0.15) is 0 Å². The molecule has 0 spiro atoms. The molecule has 16 heavy (non-hydrogen) atoms. The van der Waals surface area contributed by atoms with E-state index in [9.17, 15) is 0 Å². The van der Waals surface area contributed by atoms with E-state index < -0.39 is 0 Å². The minimum Gasteiger partial charge on any atom is -0.309 e. The van der Waals surface area contributed by atoms with Crippen molar-refractivity contribution in [1.29, 1.82) is 0 Å². The number of aromatic nitrogens is 2. The first-order valence-corrected chi connectivity index (χ1v) is 7.18. The fourth-order valence-electron chi connectivity index (χ4n) is 2.68. The van der Waals surface area contributed by atoms with Crippen LogP contribution in [0.25, 0.3) is 0 Å². The zero-order valence-electron chi connectivity index (χ0n) is 10.2. The van der Waals surface area contributed by atoms with Crippen molar-refractivity contribution in [3.05, 3.63) is 10.6 Å². The van der Waals surface area contributed by atoms with E-state index in [-0.39, 0.29) is 0 Å². The molecular weight excluding hydrogens is 218 g/mol. The first-order valence-electron chi connectivity index (χ1n) is 6.41. The second-order valence-corrected chi connectivity index (χ2v) is 5.30. The highest BCUT2D eigenvalue weighted by molar-refractivity contribution is 7.05. The molecule has 1 aromatic rings. The van der Waals surface area contributed by atoms with Crippen LogP contribution < -0.4 is 5.32 Å². The molecule has 0 aliphatic heterocycles. The second kappa shape index (κ2) is 5.73. The Kier molecular flexibility index (Phi) is 4.29. The maximum absolute atomic E-state index is 4.24. The van der Waals surface area contributed by atoms with Crippen molar-refractivity contribution in [2.75, 3.05) is 6.54 Å². The van der Waals surface area contributed by atoms with E-state index >= 15 is 0 Å². The van der Waals surface area contributed by atoms with Crippen molar-refractivity contribution in [1.82, 2.24) is 14.9 Å². The summed E-state index contributed by atoms with van der Waals surface area (Å²) < 4.78 is 4.12. The average molecular weight is 239 g/mol. The molecule has 4 heteroatoms. The molecule has 1 fully saturated rings. The third kappa shape index (κ3) is 2.43. The Morgan fingerprint density at radius 2 is 2.12 bits per heavy atom. The van der Waals surface area contributed by atoms with E-state index in [1.165, 1.54) is 36.3 Å². The van der Waals surface area contributed by atoms with Gasteiger partial charge in [0, 0.05) is 6.04 Å². The van der Waals surface area contributed by atoms with Gasteiger partial charge in [-0.15, -0.1) is 5.10 Å². The van der Waals surface area contributed by atoms with Gasteiger partial charge in [-0.25, -0.2) is 0 Å². The summed E-state index contributed by atoms with van der Waals surface area (Å²) in [4.78, 5) is 1.39. The van der Waals surface area contributed by atoms with Crippen LogP contribution in [0.3, 0.4) is 0 Å². The normalized spacial score (nSPS) is 19.1. The lowest BCUT2D eigenvalue weighted by Gasteiger charge is -2.23. The van der Waals surface area contributed by atoms with E-state index in [0.717, 1.165) is 18.9 Å². The summed E-state index contributed by atoms with van der Waals surface area (Å²) in [5.41, 5.74) is 1.20. The second-order valence-electron chi connectivity index (χ2n) is 4.52. The molecule has 1 aliphatic carbocycles. The van der Waals surface area contributed by atoms with Crippen LogP contribution in [-0.4, -0.2) is 16.1 Å². The first-order chi connectivity index (χ1) is 7.86. The quantitative estimate of drug-likeness (QED) is 0.858. The van der Waals surface area contributed by atoms with Crippen LogP contribution in [0, 0.1) is 5.92 Å². The fourth-order valence-corrected chi connectivity index (χ4v) is 3.59. The lowest BCUT2D eigenvalue weighted by atomic mass is 9.95. The highest BCUT2D eigenvalue weighted by Crippen LogP contribution is 2.37. The van der Waals surface area contributed by atoms with Gasteiger partial charge >= 0.3 is 0 Å². The Morgan fingerprint density at radius 3 is 2.75 bits per heavy atom. The zero-order valence-corrected chi connectivity index (χ0v) is 11.0. The zero-order chi connectivity index (χ0) is 11.4. The summed E-state index contributed by atoms with van der Waals surface area (Å²) in [6.07, 6.45) is 6.50. The van der Waals surface area contributed by atoms with E-state index in [2.05, 4.69) is 28.8 Å². The van der Waals surface area contributed by atoms with Crippen molar-refractivity contribution in [3.63, 3.8) is 0 Å². The standard InChI is InChI=1S/C12H21N3S/c1-3-10-12(16-15-14-10)11(13-4-2)9-7-5-6-8-9/h9,11,13H,3-8H2,1-2H3. The molecule has 0 amide bonds. The van der Waals surface area contributed by atoms with Gasteiger partial charge in [-0.05, 0) is 43.3 Å².